The molecule has 138 valence electrons. The summed E-state index contributed by atoms with van der Waals surface area (Å²) in [6.45, 7) is 15.8. The summed E-state index contributed by atoms with van der Waals surface area (Å²) in [5.41, 5.74) is 2.28. The smallest absolute Gasteiger partial charge is 0.226 e. The Morgan fingerprint density at radius 2 is 1.22 bits per heavy atom. The Balaban J connectivity index is 4.99. The molecule has 0 aliphatic carbocycles. The topological polar surface area (TPSA) is 24.1 Å². The maximum atomic E-state index is 4.26. The highest BCUT2D eigenvalue weighted by atomic mass is 28.3. The van der Waals surface area contributed by atoms with Gasteiger partial charge < -0.3 is 9.96 Å². The van der Waals surface area contributed by atoms with Crippen LogP contribution in [-0.4, -0.2) is 20.5 Å². The zero-order valence-corrected chi connectivity index (χ0v) is 17.7. The van der Waals surface area contributed by atoms with Crippen molar-refractivity contribution in [2.75, 3.05) is 0 Å². The zero-order valence-electron chi connectivity index (χ0n) is 16.7. The molecule has 0 fully saturated rings. The van der Waals surface area contributed by atoms with Crippen LogP contribution in [-0.2, 0) is 0 Å². The third-order valence-electron chi connectivity index (χ3n) is 4.99. The molecule has 0 spiro atoms. The molecule has 3 heteroatoms. The number of hydrogen-bond donors (Lipinski definition) is 2. The van der Waals surface area contributed by atoms with E-state index in [1.54, 1.807) is 0 Å². The molecule has 23 heavy (non-hydrogen) atoms. The van der Waals surface area contributed by atoms with E-state index in [9.17, 15) is 0 Å². The first-order valence-corrected chi connectivity index (χ1v) is 12.6. The van der Waals surface area contributed by atoms with Crippen molar-refractivity contribution < 1.29 is 0 Å². The van der Waals surface area contributed by atoms with E-state index in [2.05, 4.69) is 56.9 Å². The Kier molecular flexibility index (Phi) is 14.2. The average Bonchev–Trinajstić information content (AvgIpc) is 2.59. The molecule has 0 bridgehead atoms. The molecular weight excluding hydrogens is 296 g/mol. The molecule has 2 nitrogen and oxygen atoms in total. The van der Waals surface area contributed by atoms with Gasteiger partial charge in [-0.15, -0.1) is 6.58 Å². The number of hydrogen-bond acceptors (Lipinski definition) is 2. The Morgan fingerprint density at radius 3 is 1.52 bits per heavy atom. The van der Waals surface area contributed by atoms with Crippen molar-refractivity contribution in [3.05, 3.63) is 12.3 Å². The Labute approximate surface area is 148 Å². The minimum Gasteiger partial charge on any atom is -0.319 e. The van der Waals surface area contributed by atoms with Gasteiger partial charge in [0.1, 0.15) is 0 Å². The summed E-state index contributed by atoms with van der Waals surface area (Å²) < 4.78 is 0. The summed E-state index contributed by atoms with van der Waals surface area (Å²) in [4.78, 5) is 8.18. The van der Waals surface area contributed by atoms with Crippen LogP contribution in [0.15, 0.2) is 12.3 Å². The number of nitrogens with one attached hydrogen (secondary N) is 2. The van der Waals surface area contributed by atoms with Crippen LogP contribution in [0.3, 0.4) is 0 Å². The molecule has 0 saturated carbocycles. The first-order valence-electron chi connectivity index (χ1n) is 10.3. The molecule has 0 radical (unpaired) electrons. The first-order chi connectivity index (χ1) is 11.1. The predicted molar refractivity (Wildman–Crippen MR) is 109 cm³/mol. The molecular formula is C20H44N2Si. The summed E-state index contributed by atoms with van der Waals surface area (Å²) in [7, 11) is -1.79. The molecule has 0 heterocycles. The molecule has 0 aliphatic rings. The lowest BCUT2D eigenvalue weighted by Gasteiger charge is -2.37. The third kappa shape index (κ3) is 9.68. The fraction of sp³-hybridized carbons (Fsp3) is 0.900. The van der Waals surface area contributed by atoms with Crippen molar-refractivity contribution in [3.8, 4) is 0 Å². The predicted octanol–water partition coefficient (Wildman–Crippen LogP) is 6.07. The normalized spacial score (nSPS) is 16.7. The number of unbranched alkanes of at least 4 members (excludes halogenated alkanes) is 3. The summed E-state index contributed by atoms with van der Waals surface area (Å²) >= 11 is 0. The van der Waals surface area contributed by atoms with Crippen LogP contribution in [0.2, 0.25) is 6.04 Å². The lowest BCUT2D eigenvalue weighted by atomic mass is 10.1. The van der Waals surface area contributed by atoms with E-state index in [1.807, 2.05) is 0 Å². The molecule has 2 N–H and O–H groups in total. The van der Waals surface area contributed by atoms with Gasteiger partial charge >= 0.3 is 0 Å². The molecule has 0 aliphatic heterocycles. The van der Waals surface area contributed by atoms with Gasteiger partial charge in [0.25, 0.3) is 0 Å². The van der Waals surface area contributed by atoms with Crippen LogP contribution in [0.5, 0.6) is 0 Å². The van der Waals surface area contributed by atoms with Crippen molar-refractivity contribution in [2.24, 2.45) is 0 Å². The summed E-state index contributed by atoms with van der Waals surface area (Å²) in [6, 6.07) is 2.57. The van der Waals surface area contributed by atoms with E-state index in [0.717, 1.165) is 0 Å². The first kappa shape index (κ1) is 22.9. The van der Waals surface area contributed by atoms with Gasteiger partial charge in [0.15, 0.2) is 0 Å². The van der Waals surface area contributed by atoms with E-state index >= 15 is 0 Å². The lowest BCUT2D eigenvalue weighted by Crippen LogP contribution is -2.66. The van der Waals surface area contributed by atoms with Crippen molar-refractivity contribution >= 4 is 8.40 Å². The van der Waals surface area contributed by atoms with Gasteiger partial charge in [-0.2, -0.15) is 0 Å². The van der Waals surface area contributed by atoms with Crippen molar-refractivity contribution in [2.45, 2.75) is 117 Å². The van der Waals surface area contributed by atoms with E-state index in [4.69, 9.17) is 0 Å². The van der Waals surface area contributed by atoms with Gasteiger partial charge in [-0.25, -0.2) is 0 Å². The highest BCUT2D eigenvalue weighted by Gasteiger charge is 2.33. The summed E-state index contributed by atoms with van der Waals surface area (Å²) in [5.74, 6) is 0. The molecule has 0 saturated heterocycles. The zero-order chi connectivity index (χ0) is 17.6. The number of rotatable bonds is 16. The van der Waals surface area contributed by atoms with Gasteiger partial charge in [0.2, 0.25) is 8.40 Å². The lowest BCUT2D eigenvalue weighted by molar-refractivity contribution is 0.483. The standard InChI is InChI=1S/C20H44N2Si/c1-7-13-16-19(10-4)21-23(12-6,18-15-9-3)22-20(11-5)17-14-8-2/h12,19-22H,6-11,13-18H2,1-5H3. The van der Waals surface area contributed by atoms with Crippen LogP contribution in [0, 0.1) is 0 Å². The fourth-order valence-corrected chi connectivity index (χ4v) is 7.12. The highest BCUT2D eigenvalue weighted by Crippen LogP contribution is 2.17. The van der Waals surface area contributed by atoms with Gasteiger partial charge in [-0.05, 0) is 31.7 Å². The van der Waals surface area contributed by atoms with Crippen molar-refractivity contribution in [1.29, 1.82) is 0 Å². The molecule has 0 rings (SSSR count). The largest absolute Gasteiger partial charge is 0.319 e. The summed E-state index contributed by atoms with van der Waals surface area (Å²) in [5, 5.41) is 0. The second-order valence-electron chi connectivity index (χ2n) is 7.06. The van der Waals surface area contributed by atoms with E-state index in [0.29, 0.717) is 12.1 Å². The molecule has 2 atom stereocenters. The molecule has 0 aromatic rings. The van der Waals surface area contributed by atoms with Gasteiger partial charge in [0.05, 0.1) is 0 Å². The van der Waals surface area contributed by atoms with Crippen molar-refractivity contribution in [3.63, 3.8) is 0 Å². The van der Waals surface area contributed by atoms with Crippen LogP contribution in [0.4, 0.5) is 0 Å². The molecule has 2 unspecified atom stereocenters. The van der Waals surface area contributed by atoms with Gasteiger partial charge in [-0.1, -0.05) is 78.8 Å². The van der Waals surface area contributed by atoms with Crippen LogP contribution < -0.4 is 9.96 Å². The maximum absolute atomic E-state index is 4.26. The SMILES string of the molecule is C=C[Si](CCCC)(NC(CC)CCCC)NC(CC)CCCC. The van der Waals surface area contributed by atoms with Crippen LogP contribution >= 0.6 is 0 Å². The van der Waals surface area contributed by atoms with Crippen molar-refractivity contribution in [1.82, 2.24) is 9.96 Å². The fourth-order valence-electron chi connectivity index (χ4n) is 3.25. The van der Waals surface area contributed by atoms with E-state index in [-0.39, 0.29) is 0 Å². The minimum absolute atomic E-state index is 0.646. The Bertz CT molecular complexity index is 263. The quantitative estimate of drug-likeness (QED) is 0.333. The highest BCUT2D eigenvalue weighted by molar-refractivity contribution is 6.80. The van der Waals surface area contributed by atoms with E-state index < -0.39 is 8.40 Å². The third-order valence-corrected chi connectivity index (χ3v) is 8.68. The van der Waals surface area contributed by atoms with E-state index in [1.165, 1.54) is 70.3 Å². The Hall–Kier alpha value is -0.123. The molecule has 0 amide bonds. The minimum atomic E-state index is -1.79. The monoisotopic (exact) mass is 340 g/mol. The average molecular weight is 341 g/mol. The molecule has 0 aromatic carbocycles. The molecule has 0 aromatic heterocycles. The second kappa shape index (κ2) is 14.2. The van der Waals surface area contributed by atoms with Gasteiger partial charge in [0, 0.05) is 12.1 Å². The van der Waals surface area contributed by atoms with Gasteiger partial charge in [-0.3, -0.25) is 0 Å². The second-order valence-corrected chi connectivity index (χ2v) is 10.5. The maximum Gasteiger partial charge on any atom is 0.226 e. The Morgan fingerprint density at radius 1 is 0.783 bits per heavy atom. The summed E-state index contributed by atoms with van der Waals surface area (Å²) in [6.07, 6.45) is 12.8. The van der Waals surface area contributed by atoms with Crippen LogP contribution in [0.25, 0.3) is 0 Å². The van der Waals surface area contributed by atoms with Crippen LogP contribution in [0.1, 0.15) is 98.8 Å².